The van der Waals surface area contributed by atoms with E-state index in [0.29, 0.717) is 18.9 Å². The summed E-state index contributed by atoms with van der Waals surface area (Å²) in [6.07, 6.45) is 3.40. The van der Waals surface area contributed by atoms with Crippen molar-refractivity contribution in [2.45, 2.75) is 13.2 Å². The third-order valence-electron chi connectivity index (χ3n) is 2.41. The summed E-state index contributed by atoms with van der Waals surface area (Å²) in [5.41, 5.74) is 7.49. The Labute approximate surface area is 99.1 Å². The summed E-state index contributed by atoms with van der Waals surface area (Å²) in [6.45, 7) is 0.772. The fourth-order valence-electron chi connectivity index (χ4n) is 1.50. The Kier molecular flexibility index (Phi) is 3.67. The number of ether oxygens (including phenoxy) is 1. The highest BCUT2D eigenvalue weighted by Crippen LogP contribution is 2.15. The Bertz CT molecular complexity index is 502. The molecule has 0 fully saturated rings. The highest BCUT2D eigenvalue weighted by atomic mass is 19.1. The monoisotopic (exact) mass is 232 g/mol. The second-order valence-electron chi connectivity index (χ2n) is 3.59. The molecule has 0 atom stereocenters. The molecule has 1 aromatic carbocycles. The third kappa shape index (κ3) is 3.01. The van der Waals surface area contributed by atoms with Gasteiger partial charge in [0.1, 0.15) is 18.2 Å². The molecule has 0 radical (unpaired) electrons. The number of aromatic nitrogens is 1. The number of nitrogens with zero attached hydrogens (tertiary/aromatic N) is 1. The van der Waals surface area contributed by atoms with Crippen LogP contribution in [0.5, 0.6) is 5.75 Å². The number of hydrogen-bond acceptors (Lipinski definition) is 3. The number of hydrogen-bond donors (Lipinski definition) is 1. The molecule has 0 bridgehead atoms. The van der Waals surface area contributed by atoms with Crippen LogP contribution in [0.3, 0.4) is 0 Å². The zero-order chi connectivity index (χ0) is 12.1. The summed E-state index contributed by atoms with van der Waals surface area (Å²) in [5.74, 6) is 0.195. The quantitative estimate of drug-likeness (QED) is 0.879. The van der Waals surface area contributed by atoms with Crippen LogP contribution < -0.4 is 10.5 Å². The molecular formula is C13H13FN2O. The Morgan fingerprint density at radius 3 is 2.88 bits per heavy atom. The predicted molar refractivity (Wildman–Crippen MR) is 62.9 cm³/mol. The lowest BCUT2D eigenvalue weighted by atomic mass is 10.1. The van der Waals surface area contributed by atoms with Gasteiger partial charge in [0.15, 0.2) is 0 Å². The van der Waals surface area contributed by atoms with Crippen LogP contribution >= 0.6 is 0 Å². The average molecular weight is 232 g/mol. The van der Waals surface area contributed by atoms with E-state index in [1.807, 2.05) is 6.07 Å². The average Bonchev–Trinajstić information content (AvgIpc) is 2.37. The molecule has 0 spiro atoms. The Balaban J connectivity index is 2.07. The molecule has 0 aliphatic carbocycles. The minimum Gasteiger partial charge on any atom is -0.489 e. The largest absolute Gasteiger partial charge is 0.489 e. The van der Waals surface area contributed by atoms with Crippen LogP contribution in [0.1, 0.15) is 11.1 Å². The summed E-state index contributed by atoms with van der Waals surface area (Å²) in [4.78, 5) is 3.99. The molecule has 2 rings (SSSR count). The molecule has 17 heavy (non-hydrogen) atoms. The van der Waals surface area contributed by atoms with Gasteiger partial charge in [-0.2, -0.15) is 0 Å². The van der Waals surface area contributed by atoms with E-state index < -0.39 is 0 Å². The second kappa shape index (κ2) is 5.41. The molecule has 88 valence electrons. The molecule has 3 nitrogen and oxygen atoms in total. The van der Waals surface area contributed by atoms with Crippen molar-refractivity contribution in [3.63, 3.8) is 0 Å². The van der Waals surface area contributed by atoms with Crippen molar-refractivity contribution in [3.8, 4) is 5.75 Å². The lowest BCUT2D eigenvalue weighted by molar-refractivity contribution is 0.303. The normalized spacial score (nSPS) is 10.2. The van der Waals surface area contributed by atoms with E-state index in [-0.39, 0.29) is 5.82 Å². The van der Waals surface area contributed by atoms with Crippen LogP contribution in [0, 0.1) is 5.82 Å². The first-order valence-electron chi connectivity index (χ1n) is 5.30. The summed E-state index contributed by atoms with van der Waals surface area (Å²) in [6, 6.07) is 7.91. The maximum absolute atomic E-state index is 12.9. The highest BCUT2D eigenvalue weighted by Gasteiger charge is 2.02. The second-order valence-corrected chi connectivity index (χ2v) is 3.59. The molecule has 2 N–H and O–H groups in total. The van der Waals surface area contributed by atoms with Gasteiger partial charge in [0.2, 0.25) is 0 Å². The van der Waals surface area contributed by atoms with Crippen LogP contribution in [0.4, 0.5) is 4.39 Å². The Hall–Kier alpha value is -1.94. The van der Waals surface area contributed by atoms with Gasteiger partial charge in [-0.25, -0.2) is 4.39 Å². The topological polar surface area (TPSA) is 48.1 Å². The van der Waals surface area contributed by atoms with Gasteiger partial charge in [-0.3, -0.25) is 4.98 Å². The maximum atomic E-state index is 12.9. The summed E-state index contributed by atoms with van der Waals surface area (Å²) >= 11 is 0. The zero-order valence-electron chi connectivity index (χ0n) is 9.27. The fourth-order valence-corrected chi connectivity index (χ4v) is 1.50. The molecular weight excluding hydrogens is 219 g/mol. The number of pyridine rings is 1. The zero-order valence-corrected chi connectivity index (χ0v) is 9.27. The Morgan fingerprint density at radius 2 is 2.12 bits per heavy atom. The first kappa shape index (κ1) is 11.5. The third-order valence-corrected chi connectivity index (χ3v) is 2.41. The standard InChI is InChI=1S/C13H13FN2O/c14-12-2-1-3-13(6-12)17-9-10-4-5-16-8-11(10)7-15/h1-6,8H,7,9,15H2. The van der Waals surface area contributed by atoms with Crippen LogP contribution in [-0.2, 0) is 13.2 Å². The lowest BCUT2D eigenvalue weighted by Gasteiger charge is -2.09. The molecule has 0 aliphatic rings. The molecule has 0 saturated heterocycles. The number of nitrogens with two attached hydrogens (primary N) is 1. The van der Waals surface area contributed by atoms with Crippen molar-refractivity contribution in [2.24, 2.45) is 5.73 Å². The van der Waals surface area contributed by atoms with E-state index >= 15 is 0 Å². The van der Waals surface area contributed by atoms with Crippen LogP contribution in [0.25, 0.3) is 0 Å². The lowest BCUT2D eigenvalue weighted by Crippen LogP contribution is -2.05. The van der Waals surface area contributed by atoms with Crippen molar-refractivity contribution in [1.29, 1.82) is 0 Å². The molecule has 0 unspecified atom stereocenters. The summed E-state index contributed by atoms with van der Waals surface area (Å²) in [7, 11) is 0. The number of halogens is 1. The summed E-state index contributed by atoms with van der Waals surface area (Å²) < 4.78 is 18.4. The van der Waals surface area contributed by atoms with Crippen molar-refractivity contribution < 1.29 is 9.13 Å². The van der Waals surface area contributed by atoms with E-state index in [2.05, 4.69) is 4.98 Å². The van der Waals surface area contributed by atoms with Gasteiger partial charge in [-0.1, -0.05) is 6.07 Å². The van der Waals surface area contributed by atoms with E-state index in [9.17, 15) is 4.39 Å². The van der Waals surface area contributed by atoms with E-state index in [1.54, 1.807) is 24.5 Å². The van der Waals surface area contributed by atoms with Crippen molar-refractivity contribution >= 4 is 0 Å². The van der Waals surface area contributed by atoms with Crippen LogP contribution in [0.15, 0.2) is 42.7 Å². The minimum absolute atomic E-state index is 0.309. The Morgan fingerprint density at radius 1 is 1.24 bits per heavy atom. The molecule has 0 saturated carbocycles. The van der Waals surface area contributed by atoms with Gasteiger partial charge < -0.3 is 10.5 Å². The molecule has 0 amide bonds. The van der Waals surface area contributed by atoms with Gasteiger partial charge in [-0.05, 0) is 29.3 Å². The highest BCUT2D eigenvalue weighted by molar-refractivity contribution is 5.25. The number of benzene rings is 1. The van der Waals surface area contributed by atoms with Gasteiger partial charge >= 0.3 is 0 Å². The smallest absolute Gasteiger partial charge is 0.126 e. The van der Waals surface area contributed by atoms with E-state index in [0.717, 1.165) is 11.1 Å². The SMILES string of the molecule is NCc1cnccc1COc1cccc(F)c1. The van der Waals surface area contributed by atoms with Crippen molar-refractivity contribution in [1.82, 2.24) is 4.98 Å². The van der Waals surface area contributed by atoms with Crippen molar-refractivity contribution in [3.05, 3.63) is 59.7 Å². The minimum atomic E-state index is -0.309. The molecule has 2 aromatic rings. The van der Waals surface area contributed by atoms with Gasteiger partial charge in [0.25, 0.3) is 0 Å². The van der Waals surface area contributed by atoms with E-state index in [1.165, 1.54) is 12.1 Å². The van der Waals surface area contributed by atoms with E-state index in [4.69, 9.17) is 10.5 Å². The first-order chi connectivity index (χ1) is 8.29. The van der Waals surface area contributed by atoms with Gasteiger partial charge in [-0.15, -0.1) is 0 Å². The maximum Gasteiger partial charge on any atom is 0.126 e. The van der Waals surface area contributed by atoms with Gasteiger partial charge in [0, 0.05) is 25.0 Å². The van der Waals surface area contributed by atoms with Crippen molar-refractivity contribution in [2.75, 3.05) is 0 Å². The molecule has 4 heteroatoms. The first-order valence-corrected chi connectivity index (χ1v) is 5.30. The van der Waals surface area contributed by atoms with Gasteiger partial charge in [0.05, 0.1) is 0 Å². The number of rotatable bonds is 4. The summed E-state index contributed by atoms with van der Waals surface area (Å²) in [5, 5.41) is 0. The molecule has 0 aliphatic heterocycles. The molecule has 1 heterocycles. The van der Waals surface area contributed by atoms with Crippen LogP contribution in [0.2, 0.25) is 0 Å². The fraction of sp³-hybridized carbons (Fsp3) is 0.154. The molecule has 1 aromatic heterocycles. The van der Waals surface area contributed by atoms with Crippen LogP contribution in [-0.4, -0.2) is 4.98 Å². The predicted octanol–water partition coefficient (Wildman–Crippen LogP) is 2.26.